The molecule has 2 aromatic rings. The average molecular weight is 235 g/mol. The zero-order valence-electron chi connectivity index (χ0n) is 9.70. The van der Waals surface area contributed by atoms with Gasteiger partial charge in [0.1, 0.15) is 12.1 Å². The fourth-order valence-electron chi connectivity index (χ4n) is 1.54. The van der Waals surface area contributed by atoms with Crippen LogP contribution in [0.5, 0.6) is 0 Å². The van der Waals surface area contributed by atoms with Crippen LogP contribution < -0.4 is 4.90 Å². The summed E-state index contributed by atoms with van der Waals surface area (Å²) in [5.41, 5.74) is 1.57. The van der Waals surface area contributed by atoms with E-state index in [0.29, 0.717) is 11.4 Å². The maximum absolute atomic E-state index is 9.04. The highest BCUT2D eigenvalue weighted by Crippen LogP contribution is 2.24. The van der Waals surface area contributed by atoms with Crippen molar-refractivity contribution in [2.45, 2.75) is 0 Å². The van der Waals surface area contributed by atoms with Crippen LogP contribution in [0.1, 0.15) is 11.3 Å². The highest BCUT2D eigenvalue weighted by molar-refractivity contribution is 5.66. The van der Waals surface area contributed by atoms with Gasteiger partial charge in [-0.15, -0.1) is 0 Å². The number of para-hydroxylation sites is 1. The Kier molecular flexibility index (Phi) is 3.17. The molecule has 2 rings (SSSR count). The SMILES string of the molecule is CN(c1cnc(C#N)cn1)c1ccccc1C#N. The maximum atomic E-state index is 9.04. The van der Waals surface area contributed by atoms with Gasteiger partial charge in [0, 0.05) is 7.05 Å². The Morgan fingerprint density at radius 3 is 2.44 bits per heavy atom. The van der Waals surface area contributed by atoms with Crippen LogP contribution >= 0.6 is 0 Å². The Bertz CT molecular complexity index is 634. The van der Waals surface area contributed by atoms with E-state index in [1.807, 2.05) is 18.2 Å². The minimum Gasteiger partial charge on any atom is -0.327 e. The van der Waals surface area contributed by atoms with Gasteiger partial charge < -0.3 is 4.90 Å². The first-order valence-corrected chi connectivity index (χ1v) is 5.21. The monoisotopic (exact) mass is 235 g/mol. The van der Waals surface area contributed by atoms with E-state index in [4.69, 9.17) is 10.5 Å². The quantitative estimate of drug-likeness (QED) is 0.795. The Balaban J connectivity index is 2.39. The molecule has 0 radical (unpaired) electrons. The second kappa shape index (κ2) is 4.94. The van der Waals surface area contributed by atoms with Crippen LogP contribution in [-0.4, -0.2) is 17.0 Å². The molecule has 0 atom stereocenters. The normalized spacial score (nSPS) is 9.28. The number of anilines is 2. The van der Waals surface area contributed by atoms with E-state index in [1.165, 1.54) is 12.4 Å². The summed E-state index contributed by atoms with van der Waals surface area (Å²) in [7, 11) is 1.80. The first kappa shape index (κ1) is 11.6. The van der Waals surface area contributed by atoms with Gasteiger partial charge in [-0.05, 0) is 12.1 Å². The second-order valence-corrected chi connectivity index (χ2v) is 3.56. The number of hydrogen-bond donors (Lipinski definition) is 0. The van der Waals surface area contributed by atoms with E-state index in [1.54, 1.807) is 24.1 Å². The van der Waals surface area contributed by atoms with Crippen LogP contribution in [0.15, 0.2) is 36.7 Å². The van der Waals surface area contributed by atoms with Crippen LogP contribution in [0.4, 0.5) is 11.5 Å². The summed E-state index contributed by atoms with van der Waals surface area (Å²) >= 11 is 0. The molecule has 1 aromatic heterocycles. The van der Waals surface area contributed by atoms with Crippen molar-refractivity contribution in [3.05, 3.63) is 47.9 Å². The minimum absolute atomic E-state index is 0.265. The molecule has 0 saturated heterocycles. The summed E-state index contributed by atoms with van der Waals surface area (Å²) in [5, 5.41) is 17.7. The van der Waals surface area contributed by atoms with Gasteiger partial charge in [-0.25, -0.2) is 9.97 Å². The molecule has 1 aromatic carbocycles. The van der Waals surface area contributed by atoms with Gasteiger partial charge in [0.2, 0.25) is 0 Å². The Labute approximate surface area is 105 Å². The van der Waals surface area contributed by atoms with Gasteiger partial charge in [0.05, 0.1) is 23.6 Å². The van der Waals surface area contributed by atoms with Crippen molar-refractivity contribution in [3.8, 4) is 12.1 Å². The number of benzene rings is 1. The molecule has 0 aliphatic rings. The van der Waals surface area contributed by atoms with E-state index in [2.05, 4.69) is 16.0 Å². The third kappa shape index (κ3) is 2.11. The third-order valence-electron chi connectivity index (χ3n) is 2.48. The van der Waals surface area contributed by atoms with Crippen LogP contribution in [0, 0.1) is 22.7 Å². The van der Waals surface area contributed by atoms with Gasteiger partial charge in [-0.3, -0.25) is 0 Å². The van der Waals surface area contributed by atoms with Gasteiger partial charge >= 0.3 is 0 Å². The Morgan fingerprint density at radius 1 is 1.06 bits per heavy atom. The largest absolute Gasteiger partial charge is 0.327 e. The summed E-state index contributed by atoms with van der Waals surface area (Å²) in [6.07, 6.45) is 2.91. The number of nitriles is 2. The third-order valence-corrected chi connectivity index (χ3v) is 2.48. The molecule has 0 bridgehead atoms. The molecular weight excluding hydrogens is 226 g/mol. The van der Waals surface area contributed by atoms with E-state index in [0.717, 1.165) is 5.69 Å². The van der Waals surface area contributed by atoms with Crippen molar-refractivity contribution >= 4 is 11.5 Å². The summed E-state index contributed by atoms with van der Waals surface area (Å²) in [6, 6.07) is 11.3. The van der Waals surface area contributed by atoms with Crippen molar-refractivity contribution in [1.82, 2.24) is 9.97 Å². The summed E-state index contributed by atoms with van der Waals surface area (Å²) in [6.45, 7) is 0. The predicted octanol–water partition coefficient (Wildman–Crippen LogP) is 1.99. The molecule has 86 valence electrons. The number of nitrogens with zero attached hydrogens (tertiary/aromatic N) is 5. The van der Waals surface area contributed by atoms with Crippen molar-refractivity contribution in [2.24, 2.45) is 0 Å². The zero-order valence-corrected chi connectivity index (χ0v) is 9.70. The molecule has 18 heavy (non-hydrogen) atoms. The standard InChI is InChI=1S/C13H9N5/c1-18(12-5-3-2-4-10(12)6-14)13-9-16-11(7-15)8-17-13/h2-5,8-9H,1H3. The lowest BCUT2D eigenvalue weighted by atomic mass is 10.2. The van der Waals surface area contributed by atoms with Crippen molar-refractivity contribution < 1.29 is 0 Å². The summed E-state index contributed by atoms with van der Waals surface area (Å²) in [4.78, 5) is 9.84. The molecule has 5 nitrogen and oxygen atoms in total. The molecule has 5 heteroatoms. The lowest BCUT2D eigenvalue weighted by Crippen LogP contribution is -2.13. The van der Waals surface area contributed by atoms with E-state index >= 15 is 0 Å². The fourth-order valence-corrected chi connectivity index (χ4v) is 1.54. The topological polar surface area (TPSA) is 76.6 Å². The summed E-state index contributed by atoms with van der Waals surface area (Å²) in [5.74, 6) is 0.580. The van der Waals surface area contributed by atoms with Crippen molar-refractivity contribution in [2.75, 3.05) is 11.9 Å². The van der Waals surface area contributed by atoms with Crippen molar-refractivity contribution in [1.29, 1.82) is 10.5 Å². The summed E-state index contributed by atoms with van der Waals surface area (Å²) < 4.78 is 0. The molecule has 0 aliphatic carbocycles. The fraction of sp³-hybridized carbons (Fsp3) is 0.0769. The zero-order chi connectivity index (χ0) is 13.0. The van der Waals surface area contributed by atoms with E-state index in [9.17, 15) is 0 Å². The molecular formula is C13H9N5. The van der Waals surface area contributed by atoms with E-state index < -0.39 is 0 Å². The van der Waals surface area contributed by atoms with Gasteiger partial charge in [0.25, 0.3) is 0 Å². The Morgan fingerprint density at radius 2 is 1.83 bits per heavy atom. The highest BCUT2D eigenvalue weighted by atomic mass is 15.2. The second-order valence-electron chi connectivity index (χ2n) is 3.56. The van der Waals surface area contributed by atoms with Crippen molar-refractivity contribution in [3.63, 3.8) is 0 Å². The van der Waals surface area contributed by atoms with Gasteiger partial charge in [-0.2, -0.15) is 10.5 Å². The Hall–Kier alpha value is -2.92. The minimum atomic E-state index is 0.265. The van der Waals surface area contributed by atoms with Gasteiger partial charge in [0.15, 0.2) is 11.5 Å². The smallest absolute Gasteiger partial charge is 0.158 e. The molecule has 0 amide bonds. The molecule has 0 aliphatic heterocycles. The van der Waals surface area contributed by atoms with Crippen LogP contribution in [0.25, 0.3) is 0 Å². The average Bonchev–Trinajstić information content (AvgIpc) is 2.46. The lowest BCUT2D eigenvalue weighted by molar-refractivity contribution is 1.07. The maximum Gasteiger partial charge on any atom is 0.158 e. The number of hydrogen-bond acceptors (Lipinski definition) is 5. The predicted molar refractivity (Wildman–Crippen MR) is 66.0 cm³/mol. The molecule has 0 spiro atoms. The number of rotatable bonds is 2. The van der Waals surface area contributed by atoms with Crippen LogP contribution in [-0.2, 0) is 0 Å². The highest BCUT2D eigenvalue weighted by Gasteiger charge is 2.09. The first-order valence-electron chi connectivity index (χ1n) is 5.21. The first-order chi connectivity index (χ1) is 8.76. The molecule has 0 unspecified atom stereocenters. The number of aromatic nitrogens is 2. The van der Waals surface area contributed by atoms with E-state index in [-0.39, 0.29) is 5.69 Å². The molecule has 0 fully saturated rings. The van der Waals surface area contributed by atoms with Gasteiger partial charge in [-0.1, -0.05) is 12.1 Å². The molecule has 0 saturated carbocycles. The van der Waals surface area contributed by atoms with Crippen LogP contribution in [0.3, 0.4) is 0 Å². The molecule has 0 N–H and O–H groups in total. The lowest BCUT2D eigenvalue weighted by Gasteiger charge is -2.18. The molecule has 1 heterocycles. The van der Waals surface area contributed by atoms with Crippen LogP contribution in [0.2, 0.25) is 0 Å².